The van der Waals surface area contributed by atoms with Crippen LogP contribution in [0.25, 0.3) is 0 Å². The van der Waals surface area contributed by atoms with Gasteiger partial charge >= 0.3 is 0 Å². The van der Waals surface area contributed by atoms with Gasteiger partial charge in [0.1, 0.15) is 9.79 Å². The number of nitrogens with two attached hydrogens (primary N) is 1. The minimum atomic E-state index is -4.10. The van der Waals surface area contributed by atoms with Gasteiger partial charge in [0.05, 0.1) is 6.61 Å². The number of sulfonamides is 2. The van der Waals surface area contributed by atoms with Crippen LogP contribution in [-0.2, 0) is 24.8 Å². The van der Waals surface area contributed by atoms with Gasteiger partial charge in [-0.1, -0.05) is 12.1 Å². The predicted octanol–water partition coefficient (Wildman–Crippen LogP) is -0.00900. The van der Waals surface area contributed by atoms with E-state index >= 15 is 0 Å². The lowest BCUT2D eigenvalue weighted by molar-refractivity contribution is 0.157. The standard InChI is InChI=1S/C12H18N2O5S2/c1-19-9-10-6-7-14(8-10)21(17,18)12-5-3-2-4-11(12)20(13,15)16/h2-5,10H,6-9H2,1H3,(H2,13,15,16). The van der Waals surface area contributed by atoms with E-state index in [2.05, 4.69) is 0 Å². The first-order valence-corrected chi connectivity index (χ1v) is 9.36. The second-order valence-corrected chi connectivity index (χ2v) is 8.40. The minimum Gasteiger partial charge on any atom is -0.384 e. The average molecular weight is 334 g/mol. The fourth-order valence-corrected chi connectivity index (χ4v) is 5.31. The van der Waals surface area contributed by atoms with Crippen LogP contribution in [0.3, 0.4) is 0 Å². The third-order valence-electron chi connectivity index (χ3n) is 3.42. The van der Waals surface area contributed by atoms with Gasteiger partial charge in [-0.25, -0.2) is 22.0 Å². The van der Waals surface area contributed by atoms with Crippen LogP contribution < -0.4 is 5.14 Å². The summed E-state index contributed by atoms with van der Waals surface area (Å²) in [5, 5.41) is 5.10. The van der Waals surface area contributed by atoms with Crippen LogP contribution in [0.15, 0.2) is 34.1 Å². The van der Waals surface area contributed by atoms with Gasteiger partial charge in [-0.3, -0.25) is 0 Å². The molecule has 1 unspecified atom stereocenters. The van der Waals surface area contributed by atoms with Crippen molar-refractivity contribution in [1.29, 1.82) is 0 Å². The zero-order valence-electron chi connectivity index (χ0n) is 11.6. The molecule has 7 nitrogen and oxygen atoms in total. The molecule has 0 amide bonds. The molecule has 0 aliphatic carbocycles. The SMILES string of the molecule is COCC1CCN(S(=O)(=O)c2ccccc2S(N)(=O)=O)C1. The lowest BCUT2D eigenvalue weighted by atomic mass is 10.1. The molecule has 1 heterocycles. The molecule has 21 heavy (non-hydrogen) atoms. The molecule has 2 N–H and O–H groups in total. The van der Waals surface area contributed by atoms with Crippen molar-refractivity contribution < 1.29 is 21.6 Å². The summed E-state index contributed by atoms with van der Waals surface area (Å²) in [6.45, 7) is 1.13. The van der Waals surface area contributed by atoms with E-state index in [4.69, 9.17) is 9.88 Å². The van der Waals surface area contributed by atoms with Crippen molar-refractivity contribution in [2.24, 2.45) is 11.1 Å². The molecular weight excluding hydrogens is 316 g/mol. The van der Waals surface area contributed by atoms with Crippen LogP contribution >= 0.6 is 0 Å². The number of nitrogens with zero attached hydrogens (tertiary/aromatic N) is 1. The molecule has 2 rings (SSSR count). The highest BCUT2D eigenvalue weighted by atomic mass is 32.2. The number of methoxy groups -OCH3 is 1. The maximum absolute atomic E-state index is 12.6. The maximum Gasteiger partial charge on any atom is 0.244 e. The van der Waals surface area contributed by atoms with E-state index in [0.29, 0.717) is 26.1 Å². The number of primary sulfonamides is 1. The average Bonchev–Trinajstić information content (AvgIpc) is 2.87. The Balaban J connectivity index is 2.38. The van der Waals surface area contributed by atoms with Crippen LogP contribution in [0.1, 0.15) is 6.42 Å². The van der Waals surface area contributed by atoms with E-state index in [1.807, 2.05) is 0 Å². The summed E-state index contributed by atoms with van der Waals surface area (Å²) in [6, 6.07) is 5.38. The maximum atomic E-state index is 12.6. The lowest BCUT2D eigenvalue weighted by Gasteiger charge is -2.18. The van der Waals surface area contributed by atoms with E-state index < -0.39 is 20.0 Å². The molecule has 118 valence electrons. The van der Waals surface area contributed by atoms with Crippen LogP contribution in [0.2, 0.25) is 0 Å². The van der Waals surface area contributed by atoms with Crippen LogP contribution in [-0.4, -0.2) is 47.9 Å². The van der Waals surface area contributed by atoms with E-state index in [0.717, 1.165) is 0 Å². The molecule has 1 atom stereocenters. The monoisotopic (exact) mass is 334 g/mol. The zero-order chi connectivity index (χ0) is 15.7. The fraction of sp³-hybridized carbons (Fsp3) is 0.500. The van der Waals surface area contributed by atoms with Crippen molar-refractivity contribution in [3.05, 3.63) is 24.3 Å². The summed E-state index contributed by atoms with van der Waals surface area (Å²) >= 11 is 0. The third kappa shape index (κ3) is 3.43. The highest BCUT2D eigenvalue weighted by molar-refractivity contribution is 7.92. The Morgan fingerprint density at radius 2 is 1.86 bits per heavy atom. The van der Waals surface area contributed by atoms with Crippen molar-refractivity contribution in [3.8, 4) is 0 Å². The van der Waals surface area contributed by atoms with E-state index in [9.17, 15) is 16.8 Å². The Hall–Kier alpha value is -1.00. The third-order valence-corrected chi connectivity index (χ3v) is 6.45. The molecule has 0 aromatic heterocycles. The normalized spacial score (nSPS) is 20.8. The van der Waals surface area contributed by atoms with Crippen molar-refractivity contribution in [3.63, 3.8) is 0 Å². The Morgan fingerprint density at radius 3 is 2.43 bits per heavy atom. The Labute approximate surface area is 124 Å². The molecule has 0 radical (unpaired) electrons. The first kappa shape index (κ1) is 16.4. The topological polar surface area (TPSA) is 107 Å². The second-order valence-electron chi connectivity index (χ2n) is 4.96. The Bertz CT molecular complexity index is 715. The van der Waals surface area contributed by atoms with Gasteiger partial charge in [-0.05, 0) is 24.5 Å². The Kier molecular flexibility index (Phi) is 4.69. The van der Waals surface area contributed by atoms with Crippen molar-refractivity contribution >= 4 is 20.0 Å². The smallest absolute Gasteiger partial charge is 0.244 e. The number of benzene rings is 1. The van der Waals surface area contributed by atoms with Gasteiger partial charge < -0.3 is 4.74 Å². The quantitative estimate of drug-likeness (QED) is 0.815. The molecule has 1 aliphatic heterocycles. The summed E-state index contributed by atoms with van der Waals surface area (Å²) in [5.74, 6) is 0.117. The highest BCUT2D eigenvalue weighted by Crippen LogP contribution is 2.28. The molecule has 1 aromatic rings. The summed E-state index contributed by atoms with van der Waals surface area (Å²) in [6.07, 6.45) is 0.685. The first-order valence-electron chi connectivity index (χ1n) is 6.37. The summed E-state index contributed by atoms with van der Waals surface area (Å²) < 4.78 is 54.7. The number of hydrogen-bond donors (Lipinski definition) is 1. The number of ether oxygens (including phenoxy) is 1. The second kappa shape index (κ2) is 6.01. The van der Waals surface area contributed by atoms with Crippen molar-refractivity contribution in [2.75, 3.05) is 26.8 Å². The van der Waals surface area contributed by atoms with Crippen LogP contribution in [0.5, 0.6) is 0 Å². The predicted molar refractivity (Wildman–Crippen MR) is 76.6 cm³/mol. The molecule has 0 saturated carbocycles. The Morgan fingerprint density at radius 1 is 1.24 bits per heavy atom. The molecular formula is C12H18N2O5S2. The van der Waals surface area contributed by atoms with Crippen molar-refractivity contribution in [1.82, 2.24) is 4.31 Å². The minimum absolute atomic E-state index is 0.117. The molecule has 1 fully saturated rings. The van der Waals surface area contributed by atoms with Crippen LogP contribution in [0, 0.1) is 5.92 Å². The molecule has 0 bridgehead atoms. The van der Waals surface area contributed by atoms with Gasteiger partial charge in [-0.2, -0.15) is 4.31 Å². The first-order chi connectivity index (χ1) is 9.76. The number of hydrogen-bond acceptors (Lipinski definition) is 5. The fourth-order valence-electron chi connectivity index (χ4n) is 2.42. The van der Waals surface area contributed by atoms with Gasteiger partial charge in [0.2, 0.25) is 20.0 Å². The molecule has 0 spiro atoms. The van der Waals surface area contributed by atoms with Gasteiger partial charge in [0.15, 0.2) is 0 Å². The number of rotatable bonds is 5. The van der Waals surface area contributed by atoms with Gasteiger partial charge in [0.25, 0.3) is 0 Å². The highest BCUT2D eigenvalue weighted by Gasteiger charge is 2.35. The van der Waals surface area contributed by atoms with Gasteiger partial charge in [0, 0.05) is 20.2 Å². The zero-order valence-corrected chi connectivity index (χ0v) is 13.2. The van der Waals surface area contributed by atoms with E-state index in [1.165, 1.54) is 28.6 Å². The van der Waals surface area contributed by atoms with Gasteiger partial charge in [-0.15, -0.1) is 0 Å². The summed E-state index contributed by atoms with van der Waals surface area (Å²) in [7, 11) is -6.42. The van der Waals surface area contributed by atoms with Crippen molar-refractivity contribution in [2.45, 2.75) is 16.2 Å². The van der Waals surface area contributed by atoms with E-state index in [1.54, 1.807) is 7.11 Å². The molecule has 1 saturated heterocycles. The summed E-state index contributed by atoms with van der Waals surface area (Å²) in [5.41, 5.74) is 0. The largest absolute Gasteiger partial charge is 0.384 e. The van der Waals surface area contributed by atoms with E-state index in [-0.39, 0.29) is 15.7 Å². The molecule has 9 heteroatoms. The molecule has 1 aromatic carbocycles. The van der Waals surface area contributed by atoms with Crippen LogP contribution in [0.4, 0.5) is 0 Å². The molecule has 1 aliphatic rings. The lowest BCUT2D eigenvalue weighted by Crippen LogP contribution is -2.31. The summed E-state index contributed by atoms with van der Waals surface area (Å²) in [4.78, 5) is -0.647.